The summed E-state index contributed by atoms with van der Waals surface area (Å²) in [5, 5.41) is 17.2. The number of carbonyl (C=O) groups is 3. The number of thiophene rings is 1. The Labute approximate surface area is 188 Å². The zero-order chi connectivity index (χ0) is 23.0. The number of esters is 1. The van der Waals surface area contributed by atoms with E-state index in [2.05, 4.69) is 10.4 Å². The second-order valence-corrected chi connectivity index (χ2v) is 9.23. The summed E-state index contributed by atoms with van der Waals surface area (Å²) in [4.78, 5) is 37.7. The number of benzene rings is 1. The Kier molecular flexibility index (Phi) is 6.22. The summed E-state index contributed by atoms with van der Waals surface area (Å²) in [6.07, 6.45) is -1.21. The monoisotopic (exact) mass is 464 g/mol. The molecular formula is C21H23ClN3O5S+. The molecule has 2 heterocycles. The van der Waals surface area contributed by atoms with Gasteiger partial charge in [-0.2, -0.15) is 4.79 Å². The van der Waals surface area contributed by atoms with Crippen molar-refractivity contribution in [2.24, 2.45) is 5.10 Å². The molecule has 0 bridgehead atoms. The molecule has 2 amide bonds. The molecule has 1 atom stereocenters. The lowest BCUT2D eigenvalue weighted by Gasteiger charge is -2.20. The maximum Gasteiger partial charge on any atom is 0.547 e. The summed E-state index contributed by atoms with van der Waals surface area (Å²) < 4.78 is 4.65. The van der Waals surface area contributed by atoms with Crippen LogP contribution in [0, 0.1) is 0 Å². The van der Waals surface area contributed by atoms with Gasteiger partial charge in [0.15, 0.2) is 0 Å². The third-order valence-corrected chi connectivity index (χ3v) is 6.08. The molecule has 1 aliphatic rings. The number of alkyl halides is 1. The first-order chi connectivity index (χ1) is 14.5. The highest BCUT2D eigenvalue weighted by atomic mass is 35.5. The van der Waals surface area contributed by atoms with Gasteiger partial charge < -0.3 is 15.2 Å². The molecule has 1 unspecified atom stereocenters. The first kappa shape index (κ1) is 22.9. The van der Waals surface area contributed by atoms with Crippen LogP contribution in [0.25, 0.3) is 0 Å². The van der Waals surface area contributed by atoms with E-state index in [-0.39, 0.29) is 17.3 Å². The number of hydrogen-bond donors (Lipinski definition) is 2. The van der Waals surface area contributed by atoms with Crippen molar-refractivity contribution in [1.82, 2.24) is 9.91 Å². The molecule has 0 saturated heterocycles. The van der Waals surface area contributed by atoms with Crippen molar-refractivity contribution in [2.75, 3.05) is 6.54 Å². The summed E-state index contributed by atoms with van der Waals surface area (Å²) in [5.74, 6) is -0.585. The first-order valence-corrected chi connectivity index (χ1v) is 10.9. The van der Waals surface area contributed by atoms with Crippen LogP contribution in [-0.2, 0) is 10.6 Å². The fourth-order valence-corrected chi connectivity index (χ4v) is 4.37. The zero-order valence-corrected chi connectivity index (χ0v) is 19.1. The van der Waals surface area contributed by atoms with E-state index in [0.717, 1.165) is 16.9 Å². The van der Waals surface area contributed by atoms with Crippen molar-refractivity contribution in [2.45, 2.75) is 39.2 Å². The van der Waals surface area contributed by atoms with Crippen molar-refractivity contribution in [3.63, 3.8) is 0 Å². The average molecular weight is 465 g/mol. The number of nitrogens with one attached hydrogen (secondary N) is 1. The van der Waals surface area contributed by atoms with Gasteiger partial charge in [-0.1, -0.05) is 28.1 Å². The number of nitrogens with zero attached hydrogens (tertiary/aromatic N) is 2. The van der Waals surface area contributed by atoms with Crippen LogP contribution >= 0.6 is 22.9 Å². The second-order valence-electron chi connectivity index (χ2n) is 7.93. The summed E-state index contributed by atoms with van der Waals surface area (Å²) in [6, 6.07) is 8.24. The van der Waals surface area contributed by atoms with E-state index in [1.807, 2.05) is 0 Å². The Morgan fingerprint density at radius 2 is 1.87 bits per heavy atom. The highest BCUT2D eigenvalue weighted by Gasteiger charge is 2.50. The predicted octanol–water partition coefficient (Wildman–Crippen LogP) is 4.55. The Morgan fingerprint density at radius 1 is 1.23 bits per heavy atom. The summed E-state index contributed by atoms with van der Waals surface area (Å²) in [5.41, 5.74) is 0.930. The molecule has 8 nitrogen and oxygen atoms in total. The van der Waals surface area contributed by atoms with Crippen molar-refractivity contribution in [1.29, 1.82) is 0 Å². The van der Waals surface area contributed by atoms with E-state index >= 15 is 0 Å². The molecule has 2 N–H and O–H groups in total. The first-order valence-electron chi connectivity index (χ1n) is 9.57. The predicted molar refractivity (Wildman–Crippen MR) is 120 cm³/mol. The van der Waals surface area contributed by atoms with Crippen LogP contribution < -0.4 is 9.91 Å². The van der Waals surface area contributed by atoms with E-state index < -0.39 is 28.2 Å². The molecule has 31 heavy (non-hydrogen) atoms. The number of amidine groups is 1. The van der Waals surface area contributed by atoms with Crippen molar-refractivity contribution in [3.8, 4) is 0 Å². The fourth-order valence-electron chi connectivity index (χ4n) is 3.02. The van der Waals surface area contributed by atoms with Gasteiger partial charge in [0, 0.05) is 11.4 Å². The number of carboxylic acid groups (broad SMARTS) is 1. The maximum atomic E-state index is 12.7. The SMILES string of the molecule is CC[N+]1(C(=O)O)N=C(NC(=O)c2ccc(CCl)cc2)c2cc(C(=O)OC(C)(C)C)sc21. The largest absolute Gasteiger partial charge is 0.547 e. The highest BCUT2D eigenvalue weighted by Crippen LogP contribution is 2.42. The quantitative estimate of drug-likeness (QED) is 0.392. The van der Waals surface area contributed by atoms with Gasteiger partial charge in [-0.15, -0.1) is 11.6 Å². The summed E-state index contributed by atoms with van der Waals surface area (Å²) in [7, 11) is 0. The van der Waals surface area contributed by atoms with Gasteiger partial charge in [0.25, 0.3) is 5.91 Å². The van der Waals surface area contributed by atoms with Gasteiger partial charge in [-0.25, -0.2) is 4.79 Å². The lowest BCUT2D eigenvalue weighted by atomic mass is 10.1. The van der Waals surface area contributed by atoms with Crippen LogP contribution in [0.4, 0.5) is 9.80 Å². The molecule has 1 aromatic carbocycles. The molecule has 0 fully saturated rings. The van der Waals surface area contributed by atoms with Gasteiger partial charge in [0.2, 0.25) is 10.8 Å². The van der Waals surface area contributed by atoms with Gasteiger partial charge >= 0.3 is 12.1 Å². The van der Waals surface area contributed by atoms with Crippen LogP contribution in [0.5, 0.6) is 0 Å². The van der Waals surface area contributed by atoms with Gasteiger partial charge in [0.05, 0.1) is 5.56 Å². The molecule has 0 aliphatic carbocycles. The lowest BCUT2D eigenvalue weighted by Crippen LogP contribution is -2.47. The van der Waals surface area contributed by atoms with E-state index in [1.54, 1.807) is 52.0 Å². The average Bonchev–Trinajstić information content (AvgIpc) is 3.26. The zero-order valence-electron chi connectivity index (χ0n) is 17.6. The molecule has 3 rings (SSSR count). The number of rotatable bonds is 4. The van der Waals surface area contributed by atoms with Gasteiger partial charge in [-0.3, -0.25) is 4.79 Å². The Hall–Kier alpha value is -2.75. The molecule has 164 valence electrons. The normalized spacial score (nSPS) is 17.6. The van der Waals surface area contributed by atoms with Crippen molar-refractivity contribution in [3.05, 3.63) is 51.9 Å². The molecule has 10 heteroatoms. The van der Waals surface area contributed by atoms with Crippen LogP contribution in [0.1, 0.15) is 58.9 Å². The van der Waals surface area contributed by atoms with Crippen LogP contribution in [0.3, 0.4) is 0 Å². The molecule has 1 aliphatic heterocycles. The number of hydrogen-bond acceptors (Lipinski definition) is 6. The van der Waals surface area contributed by atoms with Gasteiger partial charge in [0.1, 0.15) is 17.0 Å². The molecule has 0 spiro atoms. The molecule has 0 radical (unpaired) electrons. The number of quaternary nitrogens is 1. The highest BCUT2D eigenvalue weighted by molar-refractivity contribution is 7.18. The Bertz CT molecular complexity index is 1070. The molecule has 1 aromatic heterocycles. The molecule has 0 saturated carbocycles. The van der Waals surface area contributed by atoms with E-state index in [4.69, 9.17) is 16.3 Å². The fraction of sp³-hybridized carbons (Fsp3) is 0.333. The van der Waals surface area contributed by atoms with Gasteiger partial charge in [-0.05, 0) is 56.6 Å². The summed E-state index contributed by atoms with van der Waals surface area (Å²) in [6.45, 7) is 7.01. The maximum absolute atomic E-state index is 12.7. The minimum Gasteiger partial charge on any atom is -0.456 e. The standard InChI is InChI=1S/C21H22ClN3O5S/c1-5-25(20(28)29)18-14(10-15(31-18)19(27)30-21(2,3)4)16(24-25)23-17(26)13-8-6-12(11-22)7-9-13/h6-10H,5,11H2,1-4H3,(H-,23,24,26,28,29)/p+1. The Morgan fingerprint density at radius 3 is 2.39 bits per heavy atom. The van der Waals surface area contributed by atoms with E-state index in [1.165, 1.54) is 6.07 Å². The lowest BCUT2D eigenvalue weighted by molar-refractivity contribution is 0.00750. The smallest absolute Gasteiger partial charge is 0.456 e. The second kappa shape index (κ2) is 8.41. The number of fused-ring (bicyclic) bond motifs is 1. The summed E-state index contributed by atoms with van der Waals surface area (Å²) >= 11 is 6.78. The third-order valence-electron chi connectivity index (χ3n) is 4.55. The van der Waals surface area contributed by atoms with Crippen LogP contribution in [0.15, 0.2) is 35.4 Å². The number of amides is 2. The minimum atomic E-state index is -1.21. The number of ether oxygens (including phenoxy) is 1. The molecule has 2 aromatic rings. The van der Waals surface area contributed by atoms with Crippen molar-refractivity contribution < 1.29 is 24.2 Å². The van der Waals surface area contributed by atoms with E-state index in [0.29, 0.717) is 22.0 Å². The number of halogens is 1. The van der Waals surface area contributed by atoms with Crippen molar-refractivity contribution >= 4 is 51.7 Å². The topological polar surface area (TPSA) is 105 Å². The van der Waals surface area contributed by atoms with E-state index in [9.17, 15) is 19.5 Å². The minimum absolute atomic E-state index is 0.0942. The van der Waals surface area contributed by atoms with Crippen LogP contribution in [-0.4, -0.2) is 41.1 Å². The third kappa shape index (κ3) is 4.48. The van der Waals surface area contributed by atoms with Crippen LogP contribution in [0.2, 0.25) is 0 Å². The number of carbonyl (C=O) groups excluding carboxylic acids is 2. The Balaban J connectivity index is 1.98. The molecular weight excluding hydrogens is 442 g/mol.